The number of amides is 1. The van der Waals surface area contributed by atoms with Crippen molar-refractivity contribution in [2.45, 2.75) is 28.9 Å². The highest BCUT2D eigenvalue weighted by Crippen LogP contribution is 2.40. The van der Waals surface area contributed by atoms with Gasteiger partial charge in [0.25, 0.3) is 5.91 Å². The summed E-state index contributed by atoms with van der Waals surface area (Å²) in [6, 6.07) is 16.4. The Morgan fingerprint density at radius 1 is 1.18 bits per heavy atom. The lowest BCUT2D eigenvalue weighted by Gasteiger charge is -2.04. The lowest BCUT2D eigenvalue weighted by Crippen LogP contribution is -2.11. The molecule has 1 aliphatic carbocycles. The van der Waals surface area contributed by atoms with E-state index in [0.29, 0.717) is 11.0 Å². The van der Waals surface area contributed by atoms with Crippen LogP contribution in [0.15, 0.2) is 57.4 Å². The molecule has 28 heavy (non-hydrogen) atoms. The van der Waals surface area contributed by atoms with E-state index < -0.39 is 0 Å². The number of thioether (sulfide) groups is 1. The lowest BCUT2D eigenvalue weighted by molar-refractivity contribution is 0.101. The molecule has 8 heteroatoms. The lowest BCUT2D eigenvalue weighted by atomic mass is 10.1. The molecule has 0 unspecified atom stereocenters. The fourth-order valence-corrected chi connectivity index (χ4v) is 4.75. The van der Waals surface area contributed by atoms with Gasteiger partial charge in [-0.25, -0.2) is 0 Å². The Bertz CT molecular complexity index is 1140. The van der Waals surface area contributed by atoms with E-state index in [4.69, 9.17) is 4.52 Å². The molecule has 2 aromatic heterocycles. The van der Waals surface area contributed by atoms with E-state index >= 15 is 0 Å². The molecule has 0 saturated heterocycles. The van der Waals surface area contributed by atoms with E-state index in [1.165, 1.54) is 27.7 Å². The van der Waals surface area contributed by atoms with Crippen LogP contribution in [-0.2, 0) is 5.75 Å². The third kappa shape index (κ3) is 3.65. The van der Waals surface area contributed by atoms with Crippen LogP contribution in [0.4, 0.5) is 5.13 Å². The molecule has 0 atom stereocenters. The number of carbonyl (C=O) groups is 1. The van der Waals surface area contributed by atoms with Crippen LogP contribution in [0, 0.1) is 0 Å². The number of nitrogens with one attached hydrogen (secondary N) is 1. The van der Waals surface area contributed by atoms with Crippen LogP contribution in [0.3, 0.4) is 0 Å². The van der Waals surface area contributed by atoms with Crippen molar-refractivity contribution in [3.05, 3.63) is 65.5 Å². The van der Waals surface area contributed by atoms with Crippen LogP contribution >= 0.6 is 23.1 Å². The van der Waals surface area contributed by atoms with E-state index in [2.05, 4.69) is 51.0 Å². The topological polar surface area (TPSA) is 80.9 Å². The minimum Gasteiger partial charge on any atom is -0.360 e. The summed E-state index contributed by atoms with van der Waals surface area (Å²) in [4.78, 5) is 12.3. The molecule has 1 N–H and O–H groups in total. The van der Waals surface area contributed by atoms with Crippen molar-refractivity contribution in [1.29, 1.82) is 0 Å². The number of nitrogens with zero attached hydrogens (tertiary/aromatic N) is 3. The molecule has 1 fully saturated rings. The first-order valence-electron chi connectivity index (χ1n) is 8.97. The number of hydrogen-bond donors (Lipinski definition) is 1. The van der Waals surface area contributed by atoms with Crippen molar-refractivity contribution in [2.24, 2.45) is 0 Å². The predicted octanol–water partition coefficient (Wildman–Crippen LogP) is 5.10. The molecule has 0 radical (unpaired) electrons. The first-order valence-corrected chi connectivity index (χ1v) is 10.8. The summed E-state index contributed by atoms with van der Waals surface area (Å²) < 4.78 is 6.04. The minimum absolute atomic E-state index is 0.280. The highest BCUT2D eigenvalue weighted by atomic mass is 32.2. The summed E-state index contributed by atoms with van der Waals surface area (Å²) >= 11 is 2.96. The van der Waals surface area contributed by atoms with Crippen LogP contribution in [0.1, 0.15) is 40.6 Å². The maximum atomic E-state index is 12.3. The highest BCUT2D eigenvalue weighted by molar-refractivity contribution is 8.00. The second kappa shape index (κ2) is 7.37. The molecule has 0 aliphatic heterocycles. The zero-order valence-electron chi connectivity index (χ0n) is 14.8. The van der Waals surface area contributed by atoms with Gasteiger partial charge in [0.15, 0.2) is 10.0 Å². The first-order chi connectivity index (χ1) is 13.8. The zero-order valence-corrected chi connectivity index (χ0v) is 16.4. The van der Waals surface area contributed by atoms with Gasteiger partial charge in [-0.05, 0) is 29.2 Å². The molecule has 0 bridgehead atoms. The van der Waals surface area contributed by atoms with Crippen molar-refractivity contribution in [3.8, 4) is 0 Å². The second-order valence-electron chi connectivity index (χ2n) is 6.64. The SMILES string of the molecule is O=C(Nc1nnc(SCc2cccc3ccccc23)s1)c1cc(C2CC2)on1. The third-order valence-electron chi connectivity index (χ3n) is 4.60. The van der Waals surface area contributed by atoms with Crippen LogP contribution in [-0.4, -0.2) is 21.3 Å². The van der Waals surface area contributed by atoms with Crippen molar-refractivity contribution in [3.63, 3.8) is 0 Å². The number of anilines is 1. The molecule has 2 heterocycles. The zero-order chi connectivity index (χ0) is 18.9. The van der Waals surface area contributed by atoms with Crippen molar-refractivity contribution in [1.82, 2.24) is 15.4 Å². The Labute approximate surface area is 169 Å². The molecular weight excluding hydrogens is 392 g/mol. The summed E-state index contributed by atoms with van der Waals surface area (Å²) in [5.41, 5.74) is 1.53. The van der Waals surface area contributed by atoms with E-state index in [-0.39, 0.29) is 11.6 Å². The molecular formula is C20H16N4O2S2. The first kappa shape index (κ1) is 17.4. The molecule has 140 valence electrons. The number of benzene rings is 2. The van der Waals surface area contributed by atoms with E-state index in [1.54, 1.807) is 17.8 Å². The average molecular weight is 409 g/mol. The molecule has 6 nitrogen and oxygen atoms in total. The van der Waals surface area contributed by atoms with Crippen LogP contribution in [0.5, 0.6) is 0 Å². The molecule has 1 amide bonds. The van der Waals surface area contributed by atoms with Crippen LogP contribution in [0.25, 0.3) is 10.8 Å². The van der Waals surface area contributed by atoms with Gasteiger partial charge in [0.2, 0.25) is 5.13 Å². The van der Waals surface area contributed by atoms with Crippen molar-refractivity contribution >= 4 is 44.9 Å². The summed E-state index contributed by atoms with van der Waals surface area (Å²) in [6.45, 7) is 0. The van der Waals surface area contributed by atoms with Gasteiger partial charge in [-0.1, -0.05) is 70.7 Å². The molecule has 1 saturated carbocycles. The fraction of sp³-hybridized carbons (Fsp3) is 0.200. The standard InChI is InChI=1S/C20H16N4O2S2/c25-18(16-10-17(26-24-16)13-8-9-13)21-19-22-23-20(28-19)27-11-14-6-3-5-12-4-1-2-7-15(12)14/h1-7,10,13H,8-9,11H2,(H,21,22,25). The Kier molecular flexibility index (Phi) is 4.58. The van der Waals surface area contributed by atoms with Crippen molar-refractivity contribution in [2.75, 3.05) is 5.32 Å². The summed E-state index contributed by atoms with van der Waals surface area (Å²) in [7, 11) is 0. The summed E-state index contributed by atoms with van der Waals surface area (Å²) in [5, 5.41) is 17.8. The Morgan fingerprint density at radius 3 is 2.93 bits per heavy atom. The number of carbonyl (C=O) groups excluding carboxylic acids is 1. The predicted molar refractivity (Wildman–Crippen MR) is 110 cm³/mol. The number of rotatable bonds is 6. The number of fused-ring (bicyclic) bond motifs is 1. The van der Waals surface area contributed by atoms with Gasteiger partial charge in [0.05, 0.1) is 0 Å². The smallest absolute Gasteiger partial charge is 0.279 e. The van der Waals surface area contributed by atoms with Gasteiger partial charge in [-0.2, -0.15) is 0 Å². The van der Waals surface area contributed by atoms with Gasteiger partial charge in [0, 0.05) is 17.7 Å². The normalized spacial score (nSPS) is 13.7. The maximum absolute atomic E-state index is 12.3. The van der Waals surface area contributed by atoms with E-state index in [0.717, 1.165) is 28.7 Å². The molecule has 0 spiro atoms. The van der Waals surface area contributed by atoms with Crippen LogP contribution < -0.4 is 5.32 Å². The van der Waals surface area contributed by atoms with E-state index in [9.17, 15) is 4.79 Å². The molecule has 2 aromatic carbocycles. The quantitative estimate of drug-likeness (QED) is 0.353. The number of aromatic nitrogens is 3. The van der Waals surface area contributed by atoms with Crippen LogP contribution in [0.2, 0.25) is 0 Å². The van der Waals surface area contributed by atoms with Gasteiger partial charge in [-0.15, -0.1) is 10.2 Å². The molecule has 5 rings (SSSR count). The summed E-state index contributed by atoms with van der Waals surface area (Å²) in [6.07, 6.45) is 2.20. The van der Waals surface area contributed by atoms with Gasteiger partial charge < -0.3 is 4.52 Å². The monoisotopic (exact) mass is 408 g/mol. The van der Waals surface area contributed by atoms with E-state index in [1.807, 2.05) is 12.1 Å². The van der Waals surface area contributed by atoms with Gasteiger partial charge >= 0.3 is 0 Å². The largest absolute Gasteiger partial charge is 0.360 e. The summed E-state index contributed by atoms with van der Waals surface area (Å²) in [5.74, 6) is 1.68. The second-order valence-corrected chi connectivity index (χ2v) is 8.84. The number of hydrogen-bond acceptors (Lipinski definition) is 7. The maximum Gasteiger partial charge on any atom is 0.279 e. The Hall–Kier alpha value is -2.71. The van der Waals surface area contributed by atoms with Gasteiger partial charge in [0.1, 0.15) is 5.76 Å². The Morgan fingerprint density at radius 2 is 2.04 bits per heavy atom. The third-order valence-corrected chi connectivity index (χ3v) is 6.62. The fourth-order valence-electron chi connectivity index (χ4n) is 2.99. The molecule has 1 aliphatic rings. The molecule has 4 aromatic rings. The average Bonchev–Trinajstić information content (AvgIpc) is 3.27. The van der Waals surface area contributed by atoms with Crippen molar-refractivity contribution < 1.29 is 9.32 Å². The Balaban J connectivity index is 1.23. The minimum atomic E-state index is -0.322. The highest BCUT2D eigenvalue weighted by Gasteiger charge is 2.29. The van der Waals surface area contributed by atoms with Gasteiger partial charge in [-0.3, -0.25) is 10.1 Å².